The number of ether oxygens (including phenoxy) is 1. The quantitative estimate of drug-likeness (QED) is 0.843. The van der Waals surface area contributed by atoms with E-state index < -0.39 is 21.8 Å². The highest BCUT2D eigenvalue weighted by molar-refractivity contribution is 6.49. The molecule has 0 saturated carbocycles. The van der Waals surface area contributed by atoms with Gasteiger partial charge in [0.05, 0.1) is 6.10 Å². The van der Waals surface area contributed by atoms with Crippen molar-refractivity contribution in [3.8, 4) is 0 Å². The first kappa shape index (κ1) is 13.6. The van der Waals surface area contributed by atoms with Crippen LogP contribution in [0, 0.1) is 5.92 Å². The average molecular weight is 293 g/mol. The Labute approximate surface area is 114 Å². The predicted octanol–water partition coefficient (Wildman–Crippen LogP) is 1.65. The minimum absolute atomic E-state index is 0.116. The number of aromatic nitrogens is 2. The summed E-state index contributed by atoms with van der Waals surface area (Å²) >= 11 is 12.6. The molecule has 0 spiro atoms. The molecule has 1 saturated heterocycles. The van der Waals surface area contributed by atoms with Crippen LogP contribution in [0.25, 0.3) is 0 Å². The first-order chi connectivity index (χ1) is 8.37. The topological polar surface area (TPSA) is 64.1 Å². The molecule has 2 heterocycles. The summed E-state index contributed by atoms with van der Waals surface area (Å²) in [4.78, 5) is 24.9. The van der Waals surface area contributed by atoms with Crippen LogP contribution >= 0.6 is 23.2 Å². The Balaban J connectivity index is 2.45. The van der Waals surface area contributed by atoms with Crippen molar-refractivity contribution in [3.63, 3.8) is 0 Å². The van der Waals surface area contributed by atoms with Crippen LogP contribution in [0.5, 0.6) is 0 Å². The molecule has 100 valence electrons. The van der Waals surface area contributed by atoms with E-state index in [1.165, 1.54) is 16.8 Å². The van der Waals surface area contributed by atoms with Crippen LogP contribution < -0.4 is 11.2 Å². The molecule has 0 aliphatic carbocycles. The molecule has 7 heteroatoms. The molecule has 1 N–H and O–H groups in total. The molecule has 18 heavy (non-hydrogen) atoms. The molecule has 1 aliphatic heterocycles. The first-order valence-corrected chi connectivity index (χ1v) is 6.48. The Kier molecular flexibility index (Phi) is 3.58. The van der Waals surface area contributed by atoms with Gasteiger partial charge in [0.15, 0.2) is 10.6 Å². The fraction of sp³-hybridized carbons (Fsp3) is 0.636. The van der Waals surface area contributed by atoms with Crippen molar-refractivity contribution in [2.45, 2.75) is 36.9 Å². The monoisotopic (exact) mass is 292 g/mol. The second kappa shape index (κ2) is 4.72. The van der Waals surface area contributed by atoms with Crippen LogP contribution in [-0.4, -0.2) is 20.0 Å². The lowest BCUT2D eigenvalue weighted by Gasteiger charge is -2.24. The van der Waals surface area contributed by atoms with Crippen LogP contribution in [0.4, 0.5) is 0 Å². The van der Waals surface area contributed by atoms with Crippen LogP contribution in [0.2, 0.25) is 0 Å². The van der Waals surface area contributed by atoms with Crippen molar-refractivity contribution < 1.29 is 4.74 Å². The minimum Gasteiger partial charge on any atom is -0.351 e. The maximum atomic E-state index is 11.7. The molecule has 1 aliphatic rings. The molecule has 0 radical (unpaired) electrons. The number of alkyl halides is 2. The molecule has 1 aromatic rings. The highest BCUT2D eigenvalue weighted by Crippen LogP contribution is 2.50. The zero-order valence-electron chi connectivity index (χ0n) is 10.0. The molecule has 0 amide bonds. The fourth-order valence-corrected chi connectivity index (χ4v) is 2.75. The second-order valence-corrected chi connectivity index (χ2v) is 5.86. The lowest BCUT2D eigenvalue weighted by molar-refractivity contribution is -0.00926. The van der Waals surface area contributed by atoms with Gasteiger partial charge in [-0.2, -0.15) is 0 Å². The van der Waals surface area contributed by atoms with Gasteiger partial charge < -0.3 is 4.74 Å². The Hall–Kier alpha value is -0.780. The van der Waals surface area contributed by atoms with Crippen LogP contribution in [0.15, 0.2) is 21.9 Å². The molecule has 3 atom stereocenters. The molecular formula is C11H14Cl2N2O3. The van der Waals surface area contributed by atoms with Gasteiger partial charge in [-0.3, -0.25) is 14.3 Å². The first-order valence-electron chi connectivity index (χ1n) is 5.72. The van der Waals surface area contributed by atoms with Crippen LogP contribution in [0.3, 0.4) is 0 Å². The van der Waals surface area contributed by atoms with E-state index in [-0.39, 0.29) is 12.0 Å². The number of nitrogens with one attached hydrogen (secondary N) is 1. The van der Waals surface area contributed by atoms with E-state index >= 15 is 0 Å². The second-order valence-electron chi connectivity index (χ2n) is 4.42. The fourth-order valence-electron chi connectivity index (χ4n) is 2.16. The summed E-state index contributed by atoms with van der Waals surface area (Å²) in [5, 5.41) is 0. The largest absolute Gasteiger partial charge is 0.351 e. The standard InChI is InChI=1S/C11H14Cl2N2O3/c1-3-7-6(2)11(12,13)9(18-7)15-5-4-8(16)14-10(15)17/h4-7,9H,3H2,1-2H3,(H,14,16,17)/t6-,7+,9+/m0/s1. The molecule has 0 aromatic carbocycles. The van der Waals surface area contributed by atoms with Crippen LogP contribution in [-0.2, 0) is 4.74 Å². The van der Waals surface area contributed by atoms with Gasteiger partial charge >= 0.3 is 5.69 Å². The number of H-pyrrole nitrogens is 1. The van der Waals surface area contributed by atoms with E-state index in [2.05, 4.69) is 4.98 Å². The number of rotatable bonds is 2. The predicted molar refractivity (Wildman–Crippen MR) is 69.1 cm³/mol. The Bertz CT molecular complexity index is 552. The lowest BCUT2D eigenvalue weighted by atomic mass is 10.0. The average Bonchev–Trinajstić information content (AvgIpc) is 2.52. The molecule has 2 rings (SSSR count). The van der Waals surface area contributed by atoms with Crippen molar-refractivity contribution in [3.05, 3.63) is 33.1 Å². The Morgan fingerprint density at radius 1 is 1.50 bits per heavy atom. The van der Waals surface area contributed by atoms with E-state index in [1.54, 1.807) is 0 Å². The third-order valence-electron chi connectivity index (χ3n) is 3.30. The summed E-state index contributed by atoms with van der Waals surface area (Å²) in [6.45, 7) is 3.84. The van der Waals surface area contributed by atoms with E-state index in [1.807, 2.05) is 13.8 Å². The van der Waals surface area contributed by atoms with E-state index in [0.29, 0.717) is 0 Å². The van der Waals surface area contributed by atoms with Crippen molar-refractivity contribution in [2.75, 3.05) is 0 Å². The molecule has 0 unspecified atom stereocenters. The van der Waals surface area contributed by atoms with Crippen molar-refractivity contribution in [1.29, 1.82) is 0 Å². The highest BCUT2D eigenvalue weighted by atomic mass is 35.5. The van der Waals surface area contributed by atoms with Gasteiger partial charge in [-0.1, -0.05) is 37.0 Å². The number of aromatic amines is 1. The maximum absolute atomic E-state index is 11.7. The van der Waals surface area contributed by atoms with E-state index in [0.717, 1.165) is 6.42 Å². The Morgan fingerprint density at radius 2 is 2.17 bits per heavy atom. The SMILES string of the molecule is CC[C@H]1O[C@@H](n2ccc(=O)[nH]c2=O)C(Cl)(Cl)[C@H]1C. The summed E-state index contributed by atoms with van der Waals surface area (Å²) in [5.41, 5.74) is -1.05. The third kappa shape index (κ3) is 2.11. The molecule has 1 aromatic heterocycles. The molecule has 0 bridgehead atoms. The lowest BCUT2D eigenvalue weighted by Crippen LogP contribution is -2.38. The van der Waals surface area contributed by atoms with E-state index in [9.17, 15) is 9.59 Å². The highest BCUT2D eigenvalue weighted by Gasteiger charge is 2.53. The van der Waals surface area contributed by atoms with Crippen LogP contribution in [0.1, 0.15) is 26.5 Å². The smallest absolute Gasteiger partial charge is 0.330 e. The zero-order valence-corrected chi connectivity index (χ0v) is 11.5. The molecule has 1 fully saturated rings. The van der Waals surface area contributed by atoms with Gasteiger partial charge in [0.25, 0.3) is 5.56 Å². The summed E-state index contributed by atoms with van der Waals surface area (Å²) in [7, 11) is 0. The van der Waals surface area contributed by atoms with E-state index in [4.69, 9.17) is 27.9 Å². The maximum Gasteiger partial charge on any atom is 0.330 e. The van der Waals surface area contributed by atoms with Gasteiger partial charge in [-0.15, -0.1) is 0 Å². The Morgan fingerprint density at radius 3 is 2.67 bits per heavy atom. The van der Waals surface area contributed by atoms with Gasteiger partial charge in [-0.05, 0) is 6.42 Å². The summed E-state index contributed by atoms with van der Waals surface area (Å²) < 4.78 is 5.73. The summed E-state index contributed by atoms with van der Waals surface area (Å²) in [6, 6.07) is 1.23. The zero-order chi connectivity index (χ0) is 13.5. The number of hydrogen-bond donors (Lipinski definition) is 1. The van der Waals surface area contributed by atoms with Gasteiger partial charge in [-0.25, -0.2) is 4.79 Å². The number of hydrogen-bond acceptors (Lipinski definition) is 3. The minimum atomic E-state index is -1.21. The van der Waals surface area contributed by atoms with Gasteiger partial charge in [0, 0.05) is 18.2 Å². The third-order valence-corrected chi connectivity index (χ3v) is 4.37. The number of nitrogens with zero attached hydrogens (tertiary/aromatic N) is 1. The van der Waals surface area contributed by atoms with Crippen molar-refractivity contribution in [1.82, 2.24) is 9.55 Å². The molecule has 5 nitrogen and oxygen atoms in total. The summed E-state index contributed by atoms with van der Waals surface area (Å²) in [5.74, 6) is -0.116. The van der Waals surface area contributed by atoms with Crippen molar-refractivity contribution >= 4 is 23.2 Å². The van der Waals surface area contributed by atoms with Gasteiger partial charge in [0.2, 0.25) is 0 Å². The normalized spacial score (nSPS) is 30.6. The number of halogens is 2. The van der Waals surface area contributed by atoms with Crippen molar-refractivity contribution in [2.24, 2.45) is 5.92 Å². The van der Waals surface area contributed by atoms with Gasteiger partial charge in [0.1, 0.15) is 0 Å². The summed E-state index contributed by atoms with van der Waals surface area (Å²) in [6.07, 6.45) is 1.17. The molecular weight excluding hydrogens is 279 g/mol.